The minimum absolute atomic E-state index is 0.446. The predicted molar refractivity (Wildman–Crippen MR) is 73.8 cm³/mol. The summed E-state index contributed by atoms with van der Waals surface area (Å²) in [5.41, 5.74) is 0. The lowest BCUT2D eigenvalue weighted by molar-refractivity contribution is 0.321. The van der Waals surface area contributed by atoms with E-state index < -0.39 is 0 Å². The Hall–Kier alpha value is 0.310. The molecule has 3 atom stereocenters. The van der Waals surface area contributed by atoms with Crippen molar-refractivity contribution in [2.24, 2.45) is 11.8 Å². The van der Waals surface area contributed by atoms with E-state index >= 15 is 0 Å². The zero-order valence-electron chi connectivity index (χ0n) is 11.1. The van der Waals surface area contributed by atoms with Crippen molar-refractivity contribution in [3.8, 4) is 0 Å². The molecule has 3 unspecified atom stereocenters. The molecule has 1 spiro atoms. The lowest BCUT2D eigenvalue weighted by Gasteiger charge is -2.40. The summed E-state index contributed by atoms with van der Waals surface area (Å²) < 4.78 is 0. The maximum atomic E-state index is 3.89. The molecule has 1 N–H and O–H groups in total. The molecule has 2 fully saturated rings. The molecule has 1 aliphatic heterocycles. The summed E-state index contributed by atoms with van der Waals surface area (Å²) in [5.74, 6) is 3.21. The molecule has 2 rings (SSSR count). The van der Waals surface area contributed by atoms with Crippen LogP contribution in [0.5, 0.6) is 0 Å². The van der Waals surface area contributed by atoms with E-state index in [0.717, 1.165) is 17.9 Å². The van der Waals surface area contributed by atoms with Gasteiger partial charge >= 0.3 is 0 Å². The van der Waals surface area contributed by atoms with Gasteiger partial charge in [-0.25, -0.2) is 0 Å². The van der Waals surface area contributed by atoms with E-state index in [2.05, 4.69) is 37.8 Å². The van der Waals surface area contributed by atoms with Crippen molar-refractivity contribution >= 4 is 11.8 Å². The zero-order chi connectivity index (χ0) is 11.6. The quantitative estimate of drug-likeness (QED) is 0.744. The third-order valence-corrected chi connectivity index (χ3v) is 5.97. The Morgan fingerprint density at radius 2 is 2.00 bits per heavy atom. The first kappa shape index (κ1) is 12.8. The van der Waals surface area contributed by atoms with E-state index in [9.17, 15) is 0 Å². The highest BCUT2D eigenvalue weighted by Crippen LogP contribution is 2.42. The van der Waals surface area contributed by atoms with Crippen LogP contribution in [-0.2, 0) is 0 Å². The van der Waals surface area contributed by atoms with Gasteiger partial charge in [0.25, 0.3) is 0 Å². The van der Waals surface area contributed by atoms with Gasteiger partial charge in [-0.1, -0.05) is 26.7 Å². The summed E-state index contributed by atoms with van der Waals surface area (Å²) in [6.45, 7) is 7.14. The second-order valence-electron chi connectivity index (χ2n) is 6.11. The lowest BCUT2D eigenvalue weighted by Crippen LogP contribution is -2.50. The fourth-order valence-corrected chi connectivity index (χ4v) is 4.98. The van der Waals surface area contributed by atoms with Crippen LogP contribution in [0.25, 0.3) is 0 Å². The van der Waals surface area contributed by atoms with Gasteiger partial charge in [0, 0.05) is 6.04 Å². The highest BCUT2D eigenvalue weighted by Gasteiger charge is 2.37. The van der Waals surface area contributed by atoms with E-state index in [-0.39, 0.29) is 0 Å². The molecular weight excluding hydrogens is 214 g/mol. The summed E-state index contributed by atoms with van der Waals surface area (Å²) in [4.78, 5) is 0.446. The van der Waals surface area contributed by atoms with E-state index in [1.165, 1.54) is 44.3 Å². The van der Waals surface area contributed by atoms with Gasteiger partial charge in [-0.05, 0) is 50.2 Å². The Bertz CT molecular complexity index is 229. The smallest absolute Gasteiger partial charge is 0.0647 e. The largest absolute Gasteiger partial charge is 0.300 e. The number of hydrogen-bond donors (Lipinski definition) is 1. The van der Waals surface area contributed by atoms with E-state index in [4.69, 9.17) is 0 Å². The topological polar surface area (TPSA) is 12.0 Å². The van der Waals surface area contributed by atoms with Gasteiger partial charge in [0.15, 0.2) is 0 Å². The molecule has 2 heteroatoms. The Kier molecular flexibility index (Phi) is 4.23. The van der Waals surface area contributed by atoms with Crippen molar-refractivity contribution in [1.82, 2.24) is 5.32 Å². The van der Waals surface area contributed by atoms with Gasteiger partial charge in [0.05, 0.1) is 4.87 Å². The van der Waals surface area contributed by atoms with Gasteiger partial charge in [-0.2, -0.15) is 0 Å². The third kappa shape index (κ3) is 2.95. The normalized spacial score (nSPS) is 41.2. The number of nitrogens with one attached hydrogen (secondary N) is 1. The monoisotopic (exact) mass is 241 g/mol. The van der Waals surface area contributed by atoms with E-state index in [1.807, 2.05) is 0 Å². The Morgan fingerprint density at radius 3 is 2.69 bits per heavy atom. The molecule has 1 saturated heterocycles. The first-order chi connectivity index (χ1) is 7.61. The first-order valence-electron chi connectivity index (χ1n) is 7.03. The minimum Gasteiger partial charge on any atom is -0.300 e. The van der Waals surface area contributed by atoms with Crippen molar-refractivity contribution in [2.75, 3.05) is 5.75 Å². The number of thioether (sulfide) groups is 1. The predicted octanol–water partition coefficient (Wildman–Crippen LogP) is 4.03. The third-order valence-electron chi connectivity index (χ3n) is 4.46. The van der Waals surface area contributed by atoms with Crippen LogP contribution in [0.15, 0.2) is 0 Å². The zero-order valence-corrected chi connectivity index (χ0v) is 11.9. The van der Waals surface area contributed by atoms with Gasteiger partial charge in [0.2, 0.25) is 0 Å². The Labute approximate surface area is 105 Å². The summed E-state index contributed by atoms with van der Waals surface area (Å²) in [6, 6.07) is 0.733. The van der Waals surface area contributed by atoms with Crippen LogP contribution >= 0.6 is 11.8 Å². The first-order valence-corrected chi connectivity index (χ1v) is 8.01. The van der Waals surface area contributed by atoms with Crippen LogP contribution in [0.4, 0.5) is 0 Å². The van der Waals surface area contributed by atoms with Crippen LogP contribution in [0, 0.1) is 11.8 Å². The van der Waals surface area contributed by atoms with Crippen molar-refractivity contribution in [3.63, 3.8) is 0 Å². The maximum Gasteiger partial charge on any atom is 0.0647 e. The standard InChI is InChI=1S/C14H27NS/c1-11(2)13-5-4-8-14(9-6-13)15-12(3)7-10-16-14/h11-13,15H,4-10H2,1-3H3. The second kappa shape index (κ2) is 5.30. The van der Waals surface area contributed by atoms with Crippen LogP contribution in [0.3, 0.4) is 0 Å². The minimum atomic E-state index is 0.446. The van der Waals surface area contributed by atoms with Crippen molar-refractivity contribution < 1.29 is 0 Å². The molecule has 94 valence electrons. The molecule has 1 nitrogen and oxygen atoms in total. The number of rotatable bonds is 1. The van der Waals surface area contributed by atoms with E-state index in [0.29, 0.717) is 4.87 Å². The van der Waals surface area contributed by atoms with Crippen LogP contribution < -0.4 is 5.32 Å². The SMILES string of the molecule is CC1CCSC2(CCCC(C(C)C)CC2)N1. The maximum absolute atomic E-state index is 3.89. The highest BCUT2D eigenvalue weighted by atomic mass is 32.2. The molecule has 1 aliphatic carbocycles. The van der Waals surface area contributed by atoms with Gasteiger partial charge in [-0.3, -0.25) is 0 Å². The van der Waals surface area contributed by atoms with Crippen LogP contribution in [0.1, 0.15) is 59.3 Å². The van der Waals surface area contributed by atoms with Gasteiger partial charge in [0.1, 0.15) is 0 Å². The van der Waals surface area contributed by atoms with Crippen LogP contribution in [-0.4, -0.2) is 16.7 Å². The second-order valence-corrected chi connectivity index (χ2v) is 7.59. The average Bonchev–Trinajstić information content (AvgIpc) is 2.41. The lowest BCUT2D eigenvalue weighted by atomic mass is 9.89. The van der Waals surface area contributed by atoms with Crippen LogP contribution in [0.2, 0.25) is 0 Å². The summed E-state index contributed by atoms with van der Waals surface area (Å²) in [6.07, 6.45) is 8.45. The highest BCUT2D eigenvalue weighted by molar-refractivity contribution is 8.00. The molecular formula is C14H27NS. The van der Waals surface area contributed by atoms with Gasteiger partial charge in [-0.15, -0.1) is 11.8 Å². The number of hydrogen-bond acceptors (Lipinski definition) is 2. The fourth-order valence-electron chi connectivity index (χ4n) is 3.29. The van der Waals surface area contributed by atoms with Crippen molar-refractivity contribution in [3.05, 3.63) is 0 Å². The van der Waals surface area contributed by atoms with Gasteiger partial charge < -0.3 is 5.32 Å². The Balaban J connectivity index is 1.96. The molecule has 0 aromatic carbocycles. The molecule has 0 aromatic heterocycles. The molecule has 0 bridgehead atoms. The molecule has 2 aliphatic rings. The van der Waals surface area contributed by atoms with Crippen molar-refractivity contribution in [1.29, 1.82) is 0 Å². The summed E-state index contributed by atoms with van der Waals surface area (Å²) in [5, 5.41) is 3.89. The molecule has 1 saturated carbocycles. The molecule has 1 heterocycles. The Morgan fingerprint density at radius 1 is 1.19 bits per heavy atom. The average molecular weight is 241 g/mol. The molecule has 0 amide bonds. The molecule has 0 radical (unpaired) electrons. The molecule has 0 aromatic rings. The van der Waals surface area contributed by atoms with E-state index in [1.54, 1.807) is 0 Å². The molecule has 16 heavy (non-hydrogen) atoms. The fraction of sp³-hybridized carbons (Fsp3) is 1.00. The summed E-state index contributed by atoms with van der Waals surface area (Å²) in [7, 11) is 0. The summed E-state index contributed by atoms with van der Waals surface area (Å²) >= 11 is 2.21. The van der Waals surface area contributed by atoms with Crippen molar-refractivity contribution in [2.45, 2.75) is 70.2 Å².